The first-order valence-corrected chi connectivity index (χ1v) is 14.3. The molecule has 0 fully saturated rings. The summed E-state index contributed by atoms with van der Waals surface area (Å²) in [5, 5.41) is 10.4. The predicted molar refractivity (Wildman–Crippen MR) is 131 cm³/mol. The Kier molecular flexibility index (Phi) is 7.89. The summed E-state index contributed by atoms with van der Waals surface area (Å²) in [6.45, 7) is 7.94. The Morgan fingerprint density at radius 1 is 0.700 bits per heavy atom. The van der Waals surface area contributed by atoms with Gasteiger partial charge >= 0.3 is 0 Å². The van der Waals surface area contributed by atoms with Crippen LogP contribution < -0.4 is 9.92 Å². The van der Waals surface area contributed by atoms with Crippen LogP contribution in [0.4, 0.5) is 0 Å². The summed E-state index contributed by atoms with van der Waals surface area (Å²) in [4.78, 5) is 0. The van der Waals surface area contributed by atoms with Crippen LogP contribution in [0.15, 0.2) is 72.8 Å². The first-order valence-electron chi connectivity index (χ1n) is 11.1. The molecule has 0 saturated heterocycles. The van der Waals surface area contributed by atoms with E-state index < -0.39 is 8.07 Å². The molecule has 2 nitrogen and oxygen atoms in total. The second kappa shape index (κ2) is 10.6. The van der Waals surface area contributed by atoms with E-state index in [9.17, 15) is 0 Å². The molecule has 0 spiro atoms. The highest BCUT2D eigenvalue weighted by Gasteiger charge is 2.22. The van der Waals surface area contributed by atoms with Crippen LogP contribution in [0.25, 0.3) is 22.3 Å². The van der Waals surface area contributed by atoms with E-state index in [-0.39, 0.29) is 6.61 Å². The second-order valence-electron chi connectivity index (χ2n) is 8.59. The van der Waals surface area contributed by atoms with E-state index in [1.807, 2.05) is 12.1 Å². The fourth-order valence-electron chi connectivity index (χ4n) is 3.73. The summed E-state index contributed by atoms with van der Waals surface area (Å²) < 4.78 is 5.61. The molecule has 0 saturated carbocycles. The Bertz CT molecular complexity index is 897. The van der Waals surface area contributed by atoms with Gasteiger partial charge < -0.3 is 9.84 Å². The van der Waals surface area contributed by atoms with Crippen molar-refractivity contribution in [3.05, 3.63) is 72.8 Å². The smallest absolute Gasteiger partial charge is 0.119 e. The number of aliphatic hydroxyl groups is 1. The first kappa shape index (κ1) is 22.3. The van der Waals surface area contributed by atoms with E-state index in [4.69, 9.17) is 9.84 Å². The molecule has 0 aliphatic carbocycles. The van der Waals surface area contributed by atoms with Crippen LogP contribution >= 0.6 is 0 Å². The van der Waals surface area contributed by atoms with Crippen LogP contribution in [0, 0.1) is 0 Å². The number of aliphatic hydroxyl groups excluding tert-OH is 1. The Morgan fingerprint density at radius 2 is 1.17 bits per heavy atom. The van der Waals surface area contributed by atoms with Gasteiger partial charge in [0, 0.05) is 13.0 Å². The van der Waals surface area contributed by atoms with Gasteiger partial charge in [0.15, 0.2) is 0 Å². The molecule has 3 aromatic rings. The number of hydrogen-bond donors (Lipinski definition) is 1. The van der Waals surface area contributed by atoms with Gasteiger partial charge in [-0.15, -0.1) is 0 Å². The van der Waals surface area contributed by atoms with E-state index in [1.54, 1.807) is 5.19 Å². The van der Waals surface area contributed by atoms with Gasteiger partial charge in [0.25, 0.3) is 0 Å². The summed E-state index contributed by atoms with van der Waals surface area (Å²) >= 11 is 0. The lowest BCUT2D eigenvalue weighted by Gasteiger charge is -2.23. The number of benzene rings is 3. The number of hydrogen-bond acceptors (Lipinski definition) is 2. The number of rotatable bonds is 10. The van der Waals surface area contributed by atoms with Crippen molar-refractivity contribution in [1.82, 2.24) is 0 Å². The molecule has 0 aromatic heterocycles. The molecular formula is C27H34O2Si. The third kappa shape index (κ3) is 5.84. The molecule has 0 aliphatic rings. The zero-order valence-corrected chi connectivity index (χ0v) is 19.5. The summed E-state index contributed by atoms with van der Waals surface area (Å²) in [6, 6.07) is 27.5. The van der Waals surface area contributed by atoms with Gasteiger partial charge in [-0.25, -0.2) is 0 Å². The average molecular weight is 419 g/mol. The van der Waals surface area contributed by atoms with E-state index in [0.29, 0.717) is 13.0 Å². The van der Waals surface area contributed by atoms with Crippen LogP contribution in [-0.2, 0) is 0 Å². The lowest BCUT2D eigenvalue weighted by Crippen LogP contribution is -2.40. The van der Waals surface area contributed by atoms with Crippen LogP contribution in [0.5, 0.6) is 5.75 Å². The molecule has 1 N–H and O–H groups in total. The summed E-state index contributed by atoms with van der Waals surface area (Å²) in [5.74, 6) is 0.842. The van der Waals surface area contributed by atoms with E-state index in [2.05, 4.69) is 80.7 Å². The fourth-order valence-corrected chi connectivity index (χ4v) is 6.33. The molecule has 158 valence electrons. The van der Waals surface area contributed by atoms with Gasteiger partial charge in [-0.3, -0.25) is 0 Å². The molecule has 0 radical (unpaired) electrons. The standard InChI is InChI=1S/C27H34O2Si/c1-4-5-21-30(2,3)27-17-13-25(14-18-27)23-9-7-22(8-10-23)24-11-15-26(16-12-24)29-20-6-19-28/h7-18,28H,4-6,19-21H2,1-3H3. The Hall–Kier alpha value is -2.36. The minimum Gasteiger partial charge on any atom is -0.494 e. The quantitative estimate of drug-likeness (QED) is 0.301. The van der Waals surface area contributed by atoms with Crippen molar-refractivity contribution in [2.45, 2.75) is 45.3 Å². The zero-order chi connectivity index (χ0) is 21.4. The summed E-state index contributed by atoms with van der Waals surface area (Å²) in [5.41, 5.74) is 4.90. The lowest BCUT2D eigenvalue weighted by atomic mass is 10.0. The normalized spacial score (nSPS) is 11.5. The molecule has 3 aromatic carbocycles. The van der Waals surface area contributed by atoms with Crippen molar-refractivity contribution >= 4 is 13.3 Å². The fraction of sp³-hybridized carbons (Fsp3) is 0.333. The lowest BCUT2D eigenvalue weighted by molar-refractivity contribution is 0.233. The van der Waals surface area contributed by atoms with Crippen molar-refractivity contribution < 1.29 is 9.84 Å². The molecular weight excluding hydrogens is 384 g/mol. The minimum atomic E-state index is -1.32. The van der Waals surface area contributed by atoms with E-state index in [0.717, 1.165) is 5.75 Å². The predicted octanol–water partition coefficient (Wildman–Crippen LogP) is 6.50. The van der Waals surface area contributed by atoms with E-state index >= 15 is 0 Å². The van der Waals surface area contributed by atoms with Crippen molar-refractivity contribution in [2.75, 3.05) is 13.2 Å². The first-order chi connectivity index (χ1) is 14.5. The SMILES string of the molecule is CCCC[Si](C)(C)c1ccc(-c2ccc(-c3ccc(OCCCO)cc3)cc2)cc1. The van der Waals surface area contributed by atoms with Gasteiger partial charge in [0.1, 0.15) is 5.75 Å². The van der Waals surface area contributed by atoms with Crippen molar-refractivity contribution in [3.63, 3.8) is 0 Å². The van der Waals surface area contributed by atoms with Crippen LogP contribution in [0.2, 0.25) is 19.1 Å². The molecule has 3 heteroatoms. The summed E-state index contributed by atoms with van der Waals surface area (Å²) in [7, 11) is -1.32. The molecule has 0 aliphatic heterocycles. The van der Waals surface area contributed by atoms with Gasteiger partial charge in [-0.05, 0) is 34.4 Å². The van der Waals surface area contributed by atoms with Crippen molar-refractivity contribution in [2.24, 2.45) is 0 Å². The van der Waals surface area contributed by atoms with Gasteiger partial charge in [-0.1, -0.05) is 105 Å². The Morgan fingerprint density at radius 3 is 1.63 bits per heavy atom. The van der Waals surface area contributed by atoms with Crippen molar-refractivity contribution in [3.8, 4) is 28.0 Å². The molecule has 3 rings (SSSR count). The Labute approximate surface area is 182 Å². The topological polar surface area (TPSA) is 29.5 Å². The third-order valence-electron chi connectivity index (χ3n) is 5.80. The maximum absolute atomic E-state index is 8.84. The van der Waals surface area contributed by atoms with Gasteiger partial charge in [0.2, 0.25) is 0 Å². The highest BCUT2D eigenvalue weighted by molar-refractivity contribution is 6.89. The molecule has 0 bridgehead atoms. The van der Waals surface area contributed by atoms with Crippen molar-refractivity contribution in [1.29, 1.82) is 0 Å². The monoisotopic (exact) mass is 418 g/mol. The molecule has 0 unspecified atom stereocenters. The van der Waals surface area contributed by atoms with Crippen LogP contribution in [-0.4, -0.2) is 26.4 Å². The van der Waals surface area contributed by atoms with Crippen LogP contribution in [0.1, 0.15) is 26.2 Å². The highest BCUT2D eigenvalue weighted by Crippen LogP contribution is 2.26. The summed E-state index contributed by atoms with van der Waals surface area (Å²) in [6.07, 6.45) is 3.27. The molecule has 0 heterocycles. The maximum atomic E-state index is 8.84. The molecule has 0 atom stereocenters. The third-order valence-corrected chi connectivity index (χ3v) is 9.30. The van der Waals surface area contributed by atoms with E-state index in [1.165, 1.54) is 41.1 Å². The number of unbranched alkanes of at least 4 members (excludes halogenated alkanes) is 1. The number of ether oxygens (including phenoxy) is 1. The van der Waals surface area contributed by atoms with Gasteiger partial charge in [-0.2, -0.15) is 0 Å². The highest BCUT2D eigenvalue weighted by atomic mass is 28.3. The maximum Gasteiger partial charge on any atom is 0.119 e. The van der Waals surface area contributed by atoms with Crippen LogP contribution in [0.3, 0.4) is 0 Å². The minimum absolute atomic E-state index is 0.158. The second-order valence-corrected chi connectivity index (χ2v) is 13.4. The zero-order valence-electron chi connectivity index (χ0n) is 18.5. The largest absolute Gasteiger partial charge is 0.494 e. The molecule has 30 heavy (non-hydrogen) atoms. The average Bonchev–Trinajstić information content (AvgIpc) is 2.79. The Balaban J connectivity index is 1.68. The van der Waals surface area contributed by atoms with Gasteiger partial charge in [0.05, 0.1) is 14.7 Å². The molecule has 0 amide bonds.